The lowest BCUT2D eigenvalue weighted by Gasteiger charge is -2.26. The molecular weight excluding hydrogens is 582 g/mol. The molecule has 2 unspecified atom stereocenters. The third-order valence-corrected chi connectivity index (χ3v) is 8.22. The van der Waals surface area contributed by atoms with Gasteiger partial charge in [0.1, 0.15) is 17.9 Å². The van der Waals surface area contributed by atoms with E-state index in [0.29, 0.717) is 28.3 Å². The smallest absolute Gasteiger partial charge is 0.251 e. The lowest BCUT2D eigenvalue weighted by atomic mass is 10.1. The molecule has 44 heavy (non-hydrogen) atoms. The molecule has 0 saturated carbocycles. The van der Waals surface area contributed by atoms with Crippen molar-refractivity contribution in [1.29, 1.82) is 5.26 Å². The van der Waals surface area contributed by atoms with Gasteiger partial charge in [0, 0.05) is 11.6 Å². The number of nitriles is 1. The van der Waals surface area contributed by atoms with Crippen molar-refractivity contribution in [2.45, 2.75) is 25.6 Å². The first-order chi connectivity index (χ1) is 21.0. The van der Waals surface area contributed by atoms with Crippen molar-refractivity contribution in [3.05, 3.63) is 84.1 Å². The summed E-state index contributed by atoms with van der Waals surface area (Å²) < 4.78 is 25.9. The lowest BCUT2D eigenvalue weighted by Crippen LogP contribution is -2.56. The Hall–Kier alpha value is -5.06. The van der Waals surface area contributed by atoms with E-state index in [0.717, 1.165) is 17.2 Å². The van der Waals surface area contributed by atoms with Crippen LogP contribution in [0.5, 0.6) is 0 Å². The zero-order valence-electron chi connectivity index (χ0n) is 24.4. The summed E-state index contributed by atoms with van der Waals surface area (Å²) in [6.45, 7) is 1.32. The molecule has 1 aliphatic rings. The van der Waals surface area contributed by atoms with Crippen LogP contribution in [0.2, 0.25) is 0 Å². The Bertz CT molecular complexity index is 1910. The molecule has 0 saturated heterocycles. The van der Waals surface area contributed by atoms with Crippen LogP contribution in [0.1, 0.15) is 18.2 Å². The van der Waals surface area contributed by atoms with Gasteiger partial charge in [-0.1, -0.05) is 42.5 Å². The van der Waals surface area contributed by atoms with Gasteiger partial charge in [-0.3, -0.25) is 14.4 Å². The standard InChI is InChI=1S/C31H31N7O5S/c1-20(33-2)30(40)34-24-18-36(29(39)19-44(3,42)43)27-14-8-9-15-28(27)37(31(24)41)17-23-22-11-5-7-13-26(22)38(35-23)25-12-6-4-10-21(25)16-32/h4-15,20,24,33H,17-19H2,1-3H3,(H,34,40). The summed E-state index contributed by atoms with van der Waals surface area (Å²) in [5.74, 6) is -2.45. The van der Waals surface area contributed by atoms with E-state index in [1.807, 2.05) is 30.3 Å². The fourth-order valence-electron chi connectivity index (χ4n) is 5.16. The van der Waals surface area contributed by atoms with Gasteiger partial charge in [-0.2, -0.15) is 10.4 Å². The molecule has 12 nitrogen and oxygen atoms in total. The first kappa shape index (κ1) is 30.4. The fraction of sp³-hybridized carbons (Fsp3) is 0.258. The Morgan fingerprint density at radius 1 is 1.02 bits per heavy atom. The third-order valence-electron chi connectivity index (χ3n) is 7.45. The van der Waals surface area contributed by atoms with Gasteiger partial charge in [0.05, 0.1) is 53.0 Å². The molecule has 1 aliphatic heterocycles. The summed E-state index contributed by atoms with van der Waals surface area (Å²) in [5, 5.41) is 20.9. The number of hydrogen-bond donors (Lipinski definition) is 2. The second-order valence-corrected chi connectivity index (χ2v) is 12.7. The Morgan fingerprint density at radius 2 is 1.66 bits per heavy atom. The normalized spacial score (nSPS) is 15.8. The topological polar surface area (TPSA) is 158 Å². The van der Waals surface area contributed by atoms with Gasteiger partial charge in [0.25, 0.3) is 5.91 Å². The summed E-state index contributed by atoms with van der Waals surface area (Å²) in [6.07, 6.45) is 0.964. The summed E-state index contributed by atoms with van der Waals surface area (Å²) in [4.78, 5) is 43.3. The lowest BCUT2D eigenvalue weighted by molar-refractivity contribution is -0.128. The first-order valence-electron chi connectivity index (χ1n) is 13.8. The van der Waals surface area contributed by atoms with Crippen LogP contribution in [0.4, 0.5) is 11.4 Å². The summed E-state index contributed by atoms with van der Waals surface area (Å²) in [6, 6.07) is 21.6. The summed E-state index contributed by atoms with van der Waals surface area (Å²) in [5.41, 5.74) is 2.91. The molecule has 226 valence electrons. The number of carbonyl (C=O) groups is 3. The SMILES string of the molecule is CNC(C)C(=O)NC1CN(C(=O)CS(C)(=O)=O)c2ccccc2N(Cc2nn(-c3ccccc3C#N)c3ccccc23)C1=O. The quantitative estimate of drug-likeness (QED) is 0.305. The van der Waals surface area contributed by atoms with Crippen LogP contribution >= 0.6 is 0 Å². The van der Waals surface area contributed by atoms with Gasteiger partial charge in [-0.25, -0.2) is 13.1 Å². The number of fused-ring (bicyclic) bond motifs is 2. The minimum Gasteiger partial charge on any atom is -0.341 e. The number of hydrogen-bond acceptors (Lipinski definition) is 8. The second kappa shape index (κ2) is 12.3. The third kappa shape index (κ3) is 6.03. The van der Waals surface area contributed by atoms with Crippen LogP contribution < -0.4 is 20.4 Å². The number of nitrogens with zero attached hydrogens (tertiary/aromatic N) is 5. The molecular formula is C31H31N7O5S. The number of amides is 3. The molecule has 0 radical (unpaired) electrons. The van der Waals surface area contributed by atoms with Crippen molar-refractivity contribution < 1.29 is 22.8 Å². The van der Waals surface area contributed by atoms with Gasteiger partial charge in [-0.05, 0) is 44.3 Å². The second-order valence-electron chi connectivity index (χ2n) is 10.6. The van der Waals surface area contributed by atoms with Crippen LogP contribution in [-0.4, -0.2) is 73.6 Å². The highest BCUT2D eigenvalue weighted by Crippen LogP contribution is 2.35. The molecule has 4 aromatic rings. The van der Waals surface area contributed by atoms with Crippen LogP contribution in [0, 0.1) is 11.3 Å². The maximum absolute atomic E-state index is 14.3. The maximum Gasteiger partial charge on any atom is 0.251 e. The molecule has 3 aromatic carbocycles. The van der Waals surface area contributed by atoms with Crippen LogP contribution in [-0.2, 0) is 30.8 Å². The fourth-order valence-corrected chi connectivity index (χ4v) is 5.76. The Kier molecular flexibility index (Phi) is 8.48. The van der Waals surface area contributed by atoms with Gasteiger partial charge in [-0.15, -0.1) is 0 Å². The average molecular weight is 614 g/mol. The van der Waals surface area contributed by atoms with Crippen LogP contribution in [0.25, 0.3) is 16.6 Å². The zero-order chi connectivity index (χ0) is 31.6. The summed E-state index contributed by atoms with van der Waals surface area (Å²) in [7, 11) is -2.09. The first-order valence-corrected chi connectivity index (χ1v) is 15.9. The van der Waals surface area contributed by atoms with Crippen molar-refractivity contribution >= 4 is 49.8 Å². The molecule has 0 spiro atoms. The van der Waals surface area contributed by atoms with Crippen molar-refractivity contribution in [3.8, 4) is 11.8 Å². The van der Waals surface area contributed by atoms with Gasteiger partial charge in [0.2, 0.25) is 11.8 Å². The van der Waals surface area contributed by atoms with Gasteiger partial charge < -0.3 is 20.4 Å². The predicted molar refractivity (Wildman–Crippen MR) is 166 cm³/mol. The zero-order valence-corrected chi connectivity index (χ0v) is 25.2. The maximum atomic E-state index is 14.3. The number of benzene rings is 3. The van der Waals surface area contributed by atoms with Gasteiger partial charge >= 0.3 is 0 Å². The highest BCUT2D eigenvalue weighted by molar-refractivity contribution is 7.91. The number of para-hydroxylation sites is 4. The van der Waals surface area contributed by atoms with E-state index in [1.54, 1.807) is 61.1 Å². The Morgan fingerprint density at radius 3 is 2.34 bits per heavy atom. The molecule has 2 atom stereocenters. The van der Waals surface area contributed by atoms with E-state index in [9.17, 15) is 28.1 Å². The van der Waals surface area contributed by atoms with E-state index in [-0.39, 0.29) is 13.1 Å². The molecule has 13 heteroatoms. The number of nitrogens with one attached hydrogen (secondary N) is 2. The van der Waals surface area contributed by atoms with E-state index < -0.39 is 45.4 Å². The molecule has 2 N–H and O–H groups in total. The monoisotopic (exact) mass is 613 g/mol. The highest BCUT2D eigenvalue weighted by Gasteiger charge is 2.38. The number of anilines is 2. The van der Waals surface area contributed by atoms with E-state index in [2.05, 4.69) is 16.7 Å². The molecule has 0 bridgehead atoms. The van der Waals surface area contributed by atoms with Crippen LogP contribution in [0.3, 0.4) is 0 Å². The number of likely N-dealkylation sites (N-methyl/N-ethyl adjacent to an activating group) is 1. The molecule has 0 fully saturated rings. The number of sulfone groups is 1. The van der Waals surface area contributed by atoms with E-state index >= 15 is 0 Å². The molecule has 3 amide bonds. The number of rotatable bonds is 8. The van der Waals surface area contributed by atoms with Gasteiger partial charge in [0.15, 0.2) is 9.84 Å². The van der Waals surface area contributed by atoms with Crippen molar-refractivity contribution in [1.82, 2.24) is 20.4 Å². The Balaban J connectivity index is 1.64. The van der Waals surface area contributed by atoms with Crippen LogP contribution in [0.15, 0.2) is 72.8 Å². The van der Waals surface area contributed by atoms with Crippen molar-refractivity contribution in [2.75, 3.05) is 35.4 Å². The largest absolute Gasteiger partial charge is 0.341 e. The molecule has 2 heterocycles. The van der Waals surface area contributed by atoms with Crippen molar-refractivity contribution in [2.24, 2.45) is 0 Å². The number of aromatic nitrogens is 2. The van der Waals surface area contributed by atoms with Crippen molar-refractivity contribution in [3.63, 3.8) is 0 Å². The molecule has 0 aliphatic carbocycles. The van der Waals surface area contributed by atoms with E-state index in [1.165, 1.54) is 9.80 Å². The molecule has 1 aromatic heterocycles. The predicted octanol–water partition coefficient (Wildman–Crippen LogP) is 1.91. The average Bonchev–Trinajstić information content (AvgIpc) is 3.33. The minimum atomic E-state index is -3.70. The number of carbonyl (C=O) groups excluding carboxylic acids is 3. The van der Waals surface area contributed by atoms with E-state index in [4.69, 9.17) is 5.10 Å². The summed E-state index contributed by atoms with van der Waals surface area (Å²) >= 11 is 0. The Labute approximate surface area is 254 Å². The molecule has 5 rings (SSSR count). The highest BCUT2D eigenvalue weighted by atomic mass is 32.2. The minimum absolute atomic E-state index is 0.0415.